The summed E-state index contributed by atoms with van der Waals surface area (Å²) in [6.45, 7) is 4.71. The third-order valence-corrected chi connectivity index (χ3v) is 5.78. The average Bonchev–Trinajstić information content (AvgIpc) is 2.68. The zero-order chi connectivity index (χ0) is 19.4. The van der Waals surface area contributed by atoms with Crippen LogP contribution in [-0.4, -0.2) is 67.3 Å². The highest BCUT2D eigenvalue weighted by Crippen LogP contribution is 2.39. The Morgan fingerprint density at radius 3 is 2.70 bits per heavy atom. The summed E-state index contributed by atoms with van der Waals surface area (Å²) in [6, 6.07) is 6.94. The number of piperidine rings is 2. The van der Waals surface area contributed by atoms with E-state index in [-0.39, 0.29) is 23.0 Å². The lowest BCUT2D eigenvalue weighted by atomic mass is 9.73. The maximum Gasteiger partial charge on any atom is 0.253 e. The first kappa shape index (κ1) is 19.5. The van der Waals surface area contributed by atoms with Crippen molar-refractivity contribution in [2.75, 3.05) is 39.9 Å². The van der Waals surface area contributed by atoms with Gasteiger partial charge in [-0.1, -0.05) is 12.1 Å². The van der Waals surface area contributed by atoms with E-state index >= 15 is 0 Å². The molecule has 2 heterocycles. The Bertz CT molecular complexity index is 733. The molecule has 0 bridgehead atoms. The molecule has 2 saturated heterocycles. The molecule has 2 aliphatic rings. The molecule has 2 amide bonds. The Morgan fingerprint density at radius 1 is 1.19 bits per heavy atom. The number of carbonyl (C=O) groups excluding carboxylic acids is 3. The molecule has 1 aromatic carbocycles. The molecule has 0 radical (unpaired) electrons. The molecule has 0 unspecified atom stereocenters. The minimum atomic E-state index is -0.0423. The predicted octanol–water partition coefficient (Wildman–Crippen LogP) is 2.38. The normalized spacial score (nSPS) is 23.0. The number of nitrogens with zero attached hydrogens (tertiary/aromatic N) is 2. The van der Waals surface area contributed by atoms with Gasteiger partial charge in [0.15, 0.2) is 5.78 Å². The monoisotopic (exact) mass is 372 g/mol. The van der Waals surface area contributed by atoms with Crippen molar-refractivity contribution in [3.8, 4) is 0 Å². The van der Waals surface area contributed by atoms with Gasteiger partial charge in [-0.3, -0.25) is 14.4 Å². The van der Waals surface area contributed by atoms with Crippen molar-refractivity contribution in [1.82, 2.24) is 9.80 Å². The first-order valence-corrected chi connectivity index (χ1v) is 9.61. The highest BCUT2D eigenvalue weighted by atomic mass is 16.5. The van der Waals surface area contributed by atoms with E-state index in [0.29, 0.717) is 43.8 Å². The van der Waals surface area contributed by atoms with Crippen molar-refractivity contribution in [3.63, 3.8) is 0 Å². The lowest BCUT2D eigenvalue weighted by Gasteiger charge is -2.48. The zero-order valence-electron chi connectivity index (χ0n) is 16.2. The molecule has 0 N–H and O–H groups in total. The predicted molar refractivity (Wildman–Crippen MR) is 102 cm³/mol. The van der Waals surface area contributed by atoms with Gasteiger partial charge in [0.2, 0.25) is 5.91 Å². The molecule has 6 heteroatoms. The quantitative estimate of drug-likeness (QED) is 0.745. The molecule has 27 heavy (non-hydrogen) atoms. The summed E-state index contributed by atoms with van der Waals surface area (Å²) in [5.41, 5.74) is 1.08. The second kappa shape index (κ2) is 8.21. The van der Waals surface area contributed by atoms with Crippen molar-refractivity contribution in [3.05, 3.63) is 35.4 Å². The summed E-state index contributed by atoms with van der Waals surface area (Å²) in [5, 5.41) is 0. The summed E-state index contributed by atoms with van der Waals surface area (Å²) < 4.78 is 5.13. The number of rotatable bonds is 5. The molecule has 2 aliphatic heterocycles. The van der Waals surface area contributed by atoms with E-state index in [1.165, 1.54) is 6.92 Å². The zero-order valence-corrected chi connectivity index (χ0v) is 16.2. The second-order valence-corrected chi connectivity index (χ2v) is 7.78. The van der Waals surface area contributed by atoms with Gasteiger partial charge >= 0.3 is 0 Å². The Hall–Kier alpha value is -2.21. The van der Waals surface area contributed by atoms with Crippen molar-refractivity contribution < 1.29 is 19.1 Å². The second-order valence-electron chi connectivity index (χ2n) is 7.78. The molecule has 146 valence electrons. The maximum atomic E-state index is 13.0. The molecule has 1 spiro atoms. The van der Waals surface area contributed by atoms with Crippen LogP contribution in [0.25, 0.3) is 0 Å². The third-order valence-electron chi connectivity index (χ3n) is 5.78. The lowest BCUT2D eigenvalue weighted by Crippen LogP contribution is -2.55. The van der Waals surface area contributed by atoms with Crippen LogP contribution in [0, 0.1) is 5.41 Å². The molecule has 0 aromatic heterocycles. The Balaban J connectivity index is 1.73. The number of carbonyl (C=O) groups is 3. The van der Waals surface area contributed by atoms with Gasteiger partial charge in [-0.05, 0) is 38.3 Å². The number of hydrogen-bond acceptors (Lipinski definition) is 4. The Labute approximate surface area is 160 Å². The summed E-state index contributed by atoms with van der Waals surface area (Å²) in [7, 11) is 1.64. The summed E-state index contributed by atoms with van der Waals surface area (Å²) >= 11 is 0. The molecule has 2 fully saturated rings. The van der Waals surface area contributed by atoms with Gasteiger partial charge in [0, 0.05) is 56.3 Å². The fourth-order valence-corrected chi connectivity index (χ4v) is 4.28. The van der Waals surface area contributed by atoms with E-state index in [1.54, 1.807) is 31.4 Å². The van der Waals surface area contributed by atoms with E-state index in [9.17, 15) is 14.4 Å². The van der Waals surface area contributed by atoms with Crippen molar-refractivity contribution >= 4 is 17.6 Å². The van der Waals surface area contributed by atoms with Gasteiger partial charge in [-0.2, -0.15) is 0 Å². The smallest absolute Gasteiger partial charge is 0.253 e. The third kappa shape index (κ3) is 4.38. The van der Waals surface area contributed by atoms with E-state index < -0.39 is 0 Å². The summed E-state index contributed by atoms with van der Waals surface area (Å²) in [4.78, 5) is 40.7. The molecule has 0 saturated carbocycles. The van der Waals surface area contributed by atoms with Crippen molar-refractivity contribution in [1.29, 1.82) is 0 Å². The van der Waals surface area contributed by atoms with E-state index in [4.69, 9.17) is 4.74 Å². The van der Waals surface area contributed by atoms with Gasteiger partial charge in [0.1, 0.15) is 0 Å². The fraction of sp³-hybridized carbons (Fsp3) is 0.571. The molecule has 6 nitrogen and oxygen atoms in total. The molecular weight excluding hydrogens is 344 g/mol. The summed E-state index contributed by atoms with van der Waals surface area (Å²) in [6.07, 6.45) is 3.32. The molecule has 1 atom stereocenters. The number of likely N-dealkylation sites (tertiary alicyclic amines) is 2. The number of amides is 2. The first-order chi connectivity index (χ1) is 12.9. The maximum absolute atomic E-state index is 13.0. The first-order valence-electron chi connectivity index (χ1n) is 9.61. The topological polar surface area (TPSA) is 66.9 Å². The van der Waals surface area contributed by atoms with Crippen molar-refractivity contribution in [2.24, 2.45) is 5.41 Å². The van der Waals surface area contributed by atoms with Gasteiger partial charge < -0.3 is 14.5 Å². The minimum Gasteiger partial charge on any atom is -0.383 e. The fourth-order valence-electron chi connectivity index (χ4n) is 4.28. The van der Waals surface area contributed by atoms with E-state index in [0.717, 1.165) is 25.8 Å². The lowest BCUT2D eigenvalue weighted by molar-refractivity contribution is -0.139. The molecular formula is C21H28N2O4. The number of methoxy groups -OCH3 is 1. The molecule has 3 rings (SSSR count). The van der Waals surface area contributed by atoms with Crippen LogP contribution in [0.15, 0.2) is 24.3 Å². The highest BCUT2D eigenvalue weighted by molar-refractivity contribution is 5.99. The number of benzene rings is 1. The number of Topliss-reactive ketones (excluding diaryl/α,β-unsaturated/α-hetero) is 1. The number of ketones is 1. The minimum absolute atomic E-state index is 0.0301. The van der Waals surface area contributed by atoms with Crippen LogP contribution in [0.3, 0.4) is 0 Å². The van der Waals surface area contributed by atoms with Crippen LogP contribution in [0.1, 0.15) is 53.3 Å². The van der Waals surface area contributed by atoms with Gasteiger partial charge in [0.25, 0.3) is 5.91 Å². The van der Waals surface area contributed by atoms with Gasteiger partial charge in [0.05, 0.1) is 6.61 Å². The molecule has 0 aliphatic carbocycles. The van der Waals surface area contributed by atoms with Crippen LogP contribution in [-0.2, 0) is 9.53 Å². The number of ether oxygens (including phenoxy) is 1. The van der Waals surface area contributed by atoms with Gasteiger partial charge in [-0.15, -0.1) is 0 Å². The highest BCUT2D eigenvalue weighted by Gasteiger charge is 2.42. The standard InChI is InChI=1S/C21H28N2O4/c1-16(24)17-5-3-6-18(13-17)20(26)23-10-4-8-21(15-23)9-7-19(25)22(14-21)11-12-27-2/h3,5-6,13H,4,7-12,14-15H2,1-2H3/t21-/m0/s1. The van der Waals surface area contributed by atoms with Crippen LogP contribution < -0.4 is 0 Å². The van der Waals surface area contributed by atoms with Crippen LogP contribution in [0.4, 0.5) is 0 Å². The number of hydrogen-bond donors (Lipinski definition) is 0. The van der Waals surface area contributed by atoms with Crippen LogP contribution in [0.2, 0.25) is 0 Å². The molecule has 1 aromatic rings. The van der Waals surface area contributed by atoms with Crippen LogP contribution >= 0.6 is 0 Å². The van der Waals surface area contributed by atoms with Crippen LogP contribution in [0.5, 0.6) is 0 Å². The average molecular weight is 372 g/mol. The largest absolute Gasteiger partial charge is 0.383 e. The SMILES string of the molecule is COCCN1C[C@]2(CCCN(C(=O)c3cccc(C(C)=O)c3)C2)CCC1=O. The van der Waals surface area contributed by atoms with E-state index in [1.807, 2.05) is 9.80 Å². The van der Waals surface area contributed by atoms with Gasteiger partial charge in [-0.25, -0.2) is 0 Å². The Kier molecular flexibility index (Phi) is 5.95. The summed E-state index contributed by atoms with van der Waals surface area (Å²) in [5.74, 6) is 0.104. The Morgan fingerprint density at radius 2 is 1.96 bits per heavy atom. The van der Waals surface area contributed by atoms with Crippen molar-refractivity contribution in [2.45, 2.75) is 32.6 Å². The van der Waals surface area contributed by atoms with E-state index in [2.05, 4.69) is 0 Å².